The van der Waals surface area contributed by atoms with Gasteiger partial charge < -0.3 is 14.7 Å². The van der Waals surface area contributed by atoms with E-state index < -0.39 is 11.6 Å². The van der Waals surface area contributed by atoms with Crippen LogP contribution < -0.4 is 0 Å². The van der Waals surface area contributed by atoms with Crippen LogP contribution in [0.1, 0.15) is 52.4 Å². The van der Waals surface area contributed by atoms with Gasteiger partial charge in [0.1, 0.15) is 23.5 Å². The lowest BCUT2D eigenvalue weighted by atomic mass is 9.93. The van der Waals surface area contributed by atoms with E-state index >= 15 is 0 Å². The highest BCUT2D eigenvalue weighted by Crippen LogP contribution is 2.37. The fraction of sp³-hybridized carbons (Fsp3) is 0.778. The standard InChI is InChI=1S/C18H29NO4S2/c1-3-5-6-8-22-19-14(7-4-2)16-15(20)11-18(23-17(16)21)12-24-9-10-25-13-18/h20H,3-13H2,1-2H3. The Bertz CT molecular complexity index is 511. The number of oxime groups is 1. The molecule has 142 valence electrons. The summed E-state index contributed by atoms with van der Waals surface area (Å²) in [5.41, 5.74) is 0.128. The number of esters is 1. The molecule has 0 saturated carbocycles. The van der Waals surface area contributed by atoms with Gasteiger partial charge in [0.2, 0.25) is 0 Å². The lowest BCUT2D eigenvalue weighted by molar-refractivity contribution is -0.152. The first-order valence-corrected chi connectivity index (χ1v) is 11.4. The average Bonchev–Trinajstić information content (AvgIpc) is 2.79. The predicted molar refractivity (Wildman–Crippen MR) is 106 cm³/mol. The van der Waals surface area contributed by atoms with Crippen molar-refractivity contribution in [3.05, 3.63) is 11.3 Å². The van der Waals surface area contributed by atoms with Gasteiger partial charge in [0.05, 0.1) is 5.71 Å². The van der Waals surface area contributed by atoms with Crippen LogP contribution in [0.25, 0.3) is 0 Å². The first-order valence-electron chi connectivity index (χ1n) is 9.12. The van der Waals surface area contributed by atoms with Crippen molar-refractivity contribution in [3.63, 3.8) is 0 Å². The SMILES string of the molecule is CCCCCON=C(CCC)C1=C(O)CC2(CSCCSC2)OC1=O. The molecule has 2 aliphatic heterocycles. The van der Waals surface area contributed by atoms with Gasteiger partial charge in [-0.05, 0) is 12.8 Å². The minimum atomic E-state index is -0.587. The summed E-state index contributed by atoms with van der Waals surface area (Å²) in [5.74, 6) is 3.21. The number of hydrogen-bond donors (Lipinski definition) is 1. The molecule has 0 unspecified atom stereocenters. The van der Waals surface area contributed by atoms with Crippen molar-refractivity contribution >= 4 is 35.2 Å². The minimum Gasteiger partial charge on any atom is -0.511 e. The van der Waals surface area contributed by atoms with Crippen LogP contribution in [0.4, 0.5) is 0 Å². The molecule has 1 spiro atoms. The summed E-state index contributed by atoms with van der Waals surface area (Å²) in [7, 11) is 0. The van der Waals surface area contributed by atoms with Crippen LogP contribution in [0.5, 0.6) is 0 Å². The van der Waals surface area contributed by atoms with Crippen molar-refractivity contribution in [1.82, 2.24) is 0 Å². The van der Waals surface area contributed by atoms with Crippen LogP contribution in [0.3, 0.4) is 0 Å². The highest BCUT2D eigenvalue weighted by Gasteiger charge is 2.43. The number of ether oxygens (including phenoxy) is 1. The summed E-state index contributed by atoms with van der Waals surface area (Å²) in [6, 6.07) is 0. The van der Waals surface area contributed by atoms with E-state index in [2.05, 4.69) is 12.1 Å². The fourth-order valence-corrected chi connectivity index (χ4v) is 5.54. The Balaban J connectivity index is 2.13. The molecule has 1 fully saturated rings. The molecule has 0 amide bonds. The molecule has 25 heavy (non-hydrogen) atoms. The molecule has 0 aromatic heterocycles. The van der Waals surface area contributed by atoms with E-state index in [9.17, 15) is 9.90 Å². The van der Waals surface area contributed by atoms with Gasteiger partial charge in [0, 0.05) is 29.4 Å². The zero-order chi connectivity index (χ0) is 18.1. The minimum absolute atomic E-state index is 0.101. The number of thioether (sulfide) groups is 2. The Kier molecular flexibility index (Phi) is 8.49. The molecular weight excluding hydrogens is 358 g/mol. The van der Waals surface area contributed by atoms with Crippen molar-refractivity contribution in [2.75, 3.05) is 29.6 Å². The van der Waals surface area contributed by atoms with Gasteiger partial charge in [0.15, 0.2) is 0 Å². The van der Waals surface area contributed by atoms with Gasteiger partial charge in [0.25, 0.3) is 0 Å². The number of aliphatic hydroxyl groups is 1. The van der Waals surface area contributed by atoms with Crippen LogP contribution in [-0.2, 0) is 14.4 Å². The Morgan fingerprint density at radius 2 is 1.96 bits per heavy atom. The molecule has 0 aromatic carbocycles. The number of aliphatic hydroxyl groups excluding tert-OH is 1. The third-order valence-corrected chi connectivity index (χ3v) is 6.89. The van der Waals surface area contributed by atoms with Crippen LogP contribution >= 0.6 is 23.5 Å². The Morgan fingerprint density at radius 3 is 2.56 bits per heavy atom. The van der Waals surface area contributed by atoms with Gasteiger partial charge in [-0.2, -0.15) is 23.5 Å². The summed E-state index contributed by atoms with van der Waals surface area (Å²) in [6.07, 6.45) is 4.91. The van der Waals surface area contributed by atoms with E-state index in [4.69, 9.17) is 9.57 Å². The average molecular weight is 388 g/mol. The van der Waals surface area contributed by atoms with Crippen LogP contribution in [0.15, 0.2) is 16.5 Å². The van der Waals surface area contributed by atoms with Crippen molar-refractivity contribution in [3.8, 4) is 0 Å². The van der Waals surface area contributed by atoms with E-state index in [1.54, 1.807) is 23.5 Å². The molecule has 1 saturated heterocycles. The molecule has 2 aliphatic rings. The largest absolute Gasteiger partial charge is 0.511 e. The molecule has 7 heteroatoms. The monoisotopic (exact) mass is 387 g/mol. The van der Waals surface area contributed by atoms with Gasteiger partial charge in [-0.15, -0.1) is 0 Å². The molecule has 0 aromatic rings. The maximum atomic E-state index is 12.6. The highest BCUT2D eigenvalue weighted by atomic mass is 32.2. The third kappa shape index (κ3) is 5.84. The zero-order valence-electron chi connectivity index (χ0n) is 15.2. The first kappa shape index (κ1) is 20.5. The molecule has 0 radical (unpaired) electrons. The second-order valence-electron chi connectivity index (χ2n) is 6.50. The molecule has 0 aliphatic carbocycles. The van der Waals surface area contributed by atoms with Crippen LogP contribution in [-0.4, -0.2) is 52.0 Å². The summed E-state index contributed by atoms with van der Waals surface area (Å²) in [5, 5.41) is 14.8. The Hall–Kier alpha value is -0.820. The topological polar surface area (TPSA) is 68.1 Å². The third-order valence-electron chi connectivity index (χ3n) is 4.18. The van der Waals surface area contributed by atoms with Gasteiger partial charge in [-0.3, -0.25) is 0 Å². The number of unbranched alkanes of at least 4 members (excludes halogenated alkanes) is 2. The lowest BCUT2D eigenvalue weighted by Gasteiger charge is -2.35. The van der Waals surface area contributed by atoms with E-state index in [0.29, 0.717) is 25.2 Å². The second-order valence-corrected chi connectivity index (χ2v) is 8.71. The lowest BCUT2D eigenvalue weighted by Crippen LogP contribution is -2.45. The molecule has 5 nitrogen and oxygen atoms in total. The van der Waals surface area contributed by atoms with Gasteiger partial charge in [-0.1, -0.05) is 38.3 Å². The van der Waals surface area contributed by atoms with Crippen LogP contribution in [0, 0.1) is 0 Å². The summed E-state index contributed by atoms with van der Waals surface area (Å²) >= 11 is 3.56. The van der Waals surface area contributed by atoms with Crippen molar-refractivity contribution in [2.45, 2.75) is 58.0 Å². The van der Waals surface area contributed by atoms with E-state index in [1.807, 2.05) is 6.92 Å². The number of hydrogen-bond acceptors (Lipinski definition) is 7. The van der Waals surface area contributed by atoms with Gasteiger partial charge in [-0.25, -0.2) is 4.79 Å². The maximum absolute atomic E-state index is 12.6. The molecule has 0 bridgehead atoms. The normalized spacial score (nSPS) is 21.2. The summed E-state index contributed by atoms with van der Waals surface area (Å²) < 4.78 is 5.82. The van der Waals surface area contributed by atoms with Crippen LogP contribution in [0.2, 0.25) is 0 Å². The molecule has 1 N–H and O–H groups in total. The number of rotatable bonds is 8. The quantitative estimate of drug-likeness (QED) is 0.289. The molecule has 2 rings (SSSR count). The second kappa shape index (κ2) is 10.4. The number of carbonyl (C=O) groups is 1. The predicted octanol–water partition coefficient (Wildman–Crippen LogP) is 4.33. The first-order chi connectivity index (χ1) is 12.1. The fourth-order valence-electron chi connectivity index (χ4n) is 2.91. The highest BCUT2D eigenvalue weighted by molar-refractivity contribution is 8.03. The van der Waals surface area contributed by atoms with E-state index in [-0.39, 0.29) is 11.3 Å². The Labute approximate surface area is 159 Å². The smallest absolute Gasteiger partial charge is 0.344 e. The van der Waals surface area contributed by atoms with Crippen molar-refractivity contribution < 1.29 is 19.5 Å². The summed E-state index contributed by atoms with van der Waals surface area (Å²) in [4.78, 5) is 18.0. The van der Waals surface area contributed by atoms with Gasteiger partial charge >= 0.3 is 5.97 Å². The zero-order valence-corrected chi connectivity index (χ0v) is 16.8. The van der Waals surface area contributed by atoms with E-state index in [1.165, 1.54) is 0 Å². The van der Waals surface area contributed by atoms with E-state index in [0.717, 1.165) is 48.7 Å². The van der Waals surface area contributed by atoms with Crippen molar-refractivity contribution in [1.29, 1.82) is 0 Å². The Morgan fingerprint density at radius 1 is 1.24 bits per heavy atom. The number of nitrogens with zero attached hydrogens (tertiary/aromatic N) is 1. The van der Waals surface area contributed by atoms with Crippen molar-refractivity contribution in [2.24, 2.45) is 5.16 Å². The molecular formula is C18H29NO4S2. The summed E-state index contributed by atoms with van der Waals surface area (Å²) in [6.45, 7) is 4.67. The molecule has 2 heterocycles. The number of carbonyl (C=O) groups excluding carboxylic acids is 1. The maximum Gasteiger partial charge on any atom is 0.344 e. The molecule has 0 atom stereocenters.